The van der Waals surface area contributed by atoms with Crippen LogP contribution in [-0.4, -0.2) is 18.1 Å². The van der Waals surface area contributed by atoms with Crippen LogP contribution in [0.3, 0.4) is 0 Å². The Kier molecular flexibility index (Phi) is 7.31. The largest absolute Gasteiger partial charge is 0.487 e. The average Bonchev–Trinajstić information content (AvgIpc) is 2.85. The van der Waals surface area contributed by atoms with Gasteiger partial charge in [-0.3, -0.25) is 0 Å². The molecule has 0 saturated carbocycles. The van der Waals surface area contributed by atoms with Gasteiger partial charge in [-0.15, -0.1) is 11.8 Å². The zero-order valence-electron chi connectivity index (χ0n) is 19.1. The third kappa shape index (κ3) is 5.77. The zero-order chi connectivity index (χ0) is 25.0. The summed E-state index contributed by atoms with van der Waals surface area (Å²) < 4.78 is 50.5. The number of carbonyl (C=O) groups is 1. The van der Waals surface area contributed by atoms with Crippen molar-refractivity contribution in [1.82, 2.24) is 4.98 Å². The van der Waals surface area contributed by atoms with Crippen molar-refractivity contribution in [3.63, 3.8) is 0 Å². The lowest BCUT2D eigenvalue weighted by atomic mass is 10.1. The molecule has 0 saturated heterocycles. The third-order valence-electron chi connectivity index (χ3n) is 5.33. The quantitative estimate of drug-likeness (QED) is 0.199. The number of hydrogen-bond donors (Lipinski definition) is 0. The molecule has 35 heavy (non-hydrogen) atoms. The molecule has 0 spiro atoms. The van der Waals surface area contributed by atoms with Gasteiger partial charge < -0.3 is 9.47 Å². The second-order valence-corrected chi connectivity index (χ2v) is 8.85. The smallest absolute Gasteiger partial charge is 0.416 e. The van der Waals surface area contributed by atoms with Gasteiger partial charge in [-0.2, -0.15) is 13.2 Å². The Labute approximate surface area is 205 Å². The van der Waals surface area contributed by atoms with Crippen molar-refractivity contribution < 1.29 is 27.4 Å². The summed E-state index contributed by atoms with van der Waals surface area (Å²) in [4.78, 5) is 17.5. The summed E-state index contributed by atoms with van der Waals surface area (Å²) in [5.41, 5.74) is 2.51. The Morgan fingerprint density at radius 2 is 1.71 bits per heavy atom. The number of pyridine rings is 1. The van der Waals surface area contributed by atoms with E-state index in [2.05, 4.69) is 4.98 Å². The Morgan fingerprint density at radius 1 is 0.971 bits per heavy atom. The van der Waals surface area contributed by atoms with Crippen molar-refractivity contribution in [1.29, 1.82) is 0 Å². The van der Waals surface area contributed by atoms with Gasteiger partial charge in [0.2, 0.25) is 0 Å². The summed E-state index contributed by atoms with van der Waals surface area (Å²) in [6, 6.07) is 20.1. The Morgan fingerprint density at radius 3 is 2.43 bits per heavy atom. The highest BCUT2D eigenvalue weighted by Crippen LogP contribution is 2.38. The highest BCUT2D eigenvalue weighted by Gasteiger charge is 2.30. The number of methoxy groups -OCH3 is 1. The molecule has 0 aliphatic rings. The van der Waals surface area contributed by atoms with Crippen molar-refractivity contribution in [2.24, 2.45) is 0 Å². The van der Waals surface area contributed by atoms with Crippen molar-refractivity contribution in [2.75, 3.05) is 7.11 Å². The molecule has 0 fully saturated rings. The Balaban J connectivity index is 1.73. The predicted octanol–water partition coefficient (Wildman–Crippen LogP) is 7.22. The molecular formula is C27H22F3NO3S. The maximum Gasteiger partial charge on any atom is 0.416 e. The number of aromatic nitrogens is 1. The molecule has 3 aromatic carbocycles. The van der Waals surface area contributed by atoms with Crippen molar-refractivity contribution in [3.8, 4) is 5.75 Å². The lowest BCUT2D eigenvalue weighted by molar-refractivity contribution is -0.137. The minimum atomic E-state index is -4.46. The fourth-order valence-corrected chi connectivity index (χ4v) is 4.50. The molecule has 0 radical (unpaired) electrons. The van der Waals surface area contributed by atoms with E-state index >= 15 is 0 Å². The van der Waals surface area contributed by atoms with Crippen molar-refractivity contribution in [2.45, 2.75) is 30.5 Å². The van der Waals surface area contributed by atoms with Gasteiger partial charge in [0.05, 0.1) is 18.2 Å². The predicted molar refractivity (Wildman–Crippen MR) is 130 cm³/mol. The summed E-state index contributed by atoms with van der Waals surface area (Å²) in [7, 11) is 1.27. The van der Waals surface area contributed by atoms with Crippen molar-refractivity contribution in [3.05, 3.63) is 101 Å². The molecule has 0 aliphatic heterocycles. The average molecular weight is 498 g/mol. The molecular weight excluding hydrogens is 475 g/mol. The highest BCUT2D eigenvalue weighted by molar-refractivity contribution is 7.98. The van der Waals surface area contributed by atoms with E-state index in [0.29, 0.717) is 27.2 Å². The standard InChI is InChI=1S/C27H22F3NO3S/c1-17-10-12-18(13-11-17)16-35-25-23(26(32)33-2)24(21-8-3-4-9-22(21)31-25)34-15-19-6-5-7-20(14-19)27(28,29)30/h3-14H,15-16H2,1-2H3. The SMILES string of the molecule is COC(=O)c1c(SCc2ccc(C)cc2)nc2ccccc2c1OCc1cccc(C(F)(F)F)c1. The summed E-state index contributed by atoms with van der Waals surface area (Å²) in [5.74, 6) is 0.155. The van der Waals surface area contributed by atoms with E-state index < -0.39 is 17.7 Å². The van der Waals surface area contributed by atoms with E-state index in [1.54, 1.807) is 24.3 Å². The number of thioether (sulfide) groups is 1. The van der Waals surface area contributed by atoms with Crippen LogP contribution in [0.25, 0.3) is 10.9 Å². The van der Waals surface area contributed by atoms with Crippen molar-refractivity contribution >= 4 is 28.6 Å². The molecule has 0 bridgehead atoms. The minimum absolute atomic E-state index is 0.148. The number of esters is 1. The Bertz CT molecular complexity index is 1350. The second-order valence-electron chi connectivity index (χ2n) is 7.89. The third-order valence-corrected chi connectivity index (χ3v) is 6.38. The minimum Gasteiger partial charge on any atom is -0.487 e. The van der Waals surface area contributed by atoms with Gasteiger partial charge in [0.1, 0.15) is 22.9 Å². The van der Waals surface area contributed by atoms with Gasteiger partial charge in [0.15, 0.2) is 0 Å². The van der Waals surface area contributed by atoms with E-state index in [9.17, 15) is 18.0 Å². The molecule has 1 heterocycles. The number of fused-ring (bicyclic) bond motifs is 1. The van der Waals surface area contributed by atoms with Gasteiger partial charge in [-0.25, -0.2) is 9.78 Å². The number of benzene rings is 3. The summed E-state index contributed by atoms with van der Waals surface area (Å²) in [5, 5.41) is 0.995. The fraction of sp³-hybridized carbons (Fsp3) is 0.185. The molecule has 0 N–H and O–H groups in total. The summed E-state index contributed by atoms with van der Waals surface area (Å²) >= 11 is 1.37. The number of halogens is 3. The Hall–Kier alpha value is -3.52. The maximum absolute atomic E-state index is 13.1. The first kappa shape index (κ1) is 24.6. The van der Waals surface area contributed by atoms with Crippen LogP contribution in [0.1, 0.15) is 32.6 Å². The lowest BCUT2D eigenvalue weighted by Gasteiger charge is -2.17. The van der Waals surface area contributed by atoms with Crippen LogP contribution in [0.15, 0.2) is 77.8 Å². The zero-order valence-corrected chi connectivity index (χ0v) is 19.9. The van der Waals surface area contributed by atoms with Crippen LogP contribution in [0.4, 0.5) is 13.2 Å². The van der Waals surface area contributed by atoms with Crippen LogP contribution in [0.2, 0.25) is 0 Å². The van der Waals surface area contributed by atoms with E-state index in [1.165, 1.54) is 24.9 Å². The molecule has 4 nitrogen and oxygen atoms in total. The number of hydrogen-bond acceptors (Lipinski definition) is 5. The van der Waals surface area contributed by atoms with Crippen LogP contribution in [0.5, 0.6) is 5.75 Å². The molecule has 0 atom stereocenters. The first-order valence-corrected chi connectivity index (χ1v) is 11.7. The number of carbonyl (C=O) groups excluding carboxylic acids is 1. The highest BCUT2D eigenvalue weighted by atomic mass is 32.2. The van der Waals surface area contributed by atoms with Gasteiger partial charge in [-0.05, 0) is 42.3 Å². The fourth-order valence-electron chi connectivity index (χ4n) is 3.53. The van der Waals surface area contributed by atoms with Gasteiger partial charge in [0.25, 0.3) is 0 Å². The number of nitrogens with zero attached hydrogens (tertiary/aromatic N) is 1. The van der Waals surface area contributed by atoms with E-state index in [4.69, 9.17) is 9.47 Å². The molecule has 0 unspecified atom stereocenters. The van der Waals surface area contributed by atoms with E-state index in [1.807, 2.05) is 37.3 Å². The molecule has 0 amide bonds. The molecule has 0 aliphatic carbocycles. The first-order valence-electron chi connectivity index (χ1n) is 10.7. The molecule has 8 heteroatoms. The van der Waals surface area contributed by atoms with E-state index in [-0.39, 0.29) is 17.9 Å². The summed E-state index contributed by atoms with van der Waals surface area (Å²) in [6.45, 7) is 1.84. The van der Waals surface area contributed by atoms with Crippen LogP contribution in [0, 0.1) is 6.92 Å². The number of rotatable bonds is 7. The normalized spacial score (nSPS) is 11.5. The van der Waals surface area contributed by atoms with Gasteiger partial charge in [-0.1, -0.05) is 54.1 Å². The number of para-hydroxylation sites is 1. The molecule has 4 rings (SSSR count). The van der Waals surface area contributed by atoms with Crippen LogP contribution >= 0.6 is 11.8 Å². The van der Waals surface area contributed by atoms with E-state index in [0.717, 1.165) is 23.3 Å². The summed E-state index contributed by atoms with van der Waals surface area (Å²) in [6.07, 6.45) is -4.46. The number of ether oxygens (including phenoxy) is 2. The maximum atomic E-state index is 13.1. The second kappa shape index (κ2) is 10.4. The number of alkyl halides is 3. The van der Waals surface area contributed by atoms with Crippen LogP contribution < -0.4 is 4.74 Å². The lowest BCUT2D eigenvalue weighted by Crippen LogP contribution is -2.10. The van der Waals surface area contributed by atoms with Gasteiger partial charge >= 0.3 is 12.1 Å². The van der Waals surface area contributed by atoms with Gasteiger partial charge in [0, 0.05) is 11.1 Å². The molecule has 1 aromatic heterocycles. The topological polar surface area (TPSA) is 48.4 Å². The molecule has 4 aromatic rings. The molecule has 180 valence electrons. The van der Waals surface area contributed by atoms with Crippen LogP contribution in [-0.2, 0) is 23.3 Å². The first-order chi connectivity index (χ1) is 16.8. The number of aryl methyl sites for hydroxylation is 1. The monoisotopic (exact) mass is 497 g/mol.